The summed E-state index contributed by atoms with van der Waals surface area (Å²) in [5, 5.41) is 26.5. The molecule has 0 radical (unpaired) electrons. The molecule has 0 unspecified atom stereocenters. The fourth-order valence-electron chi connectivity index (χ4n) is 4.40. The molecule has 0 aliphatic carbocycles. The van der Waals surface area contributed by atoms with E-state index in [0.29, 0.717) is 58.6 Å². The standard InChI is InChI=1S/C23H22FN9O2/c1-12-29-19-15(9-25-21(23(2,3)34)33(19)31-12)16-10-27-22(32-11-28-30-20(16)32)26-8-14-13-6-7-35-18(13)5-4-17(14)24/h4-5,9-11,34H,6-8H2,1-3H3,(H,26,27). The molecule has 0 fully saturated rings. The topological polar surface area (TPSA) is 128 Å². The molecular weight excluding hydrogens is 453 g/mol. The molecule has 2 N–H and O–H groups in total. The van der Waals surface area contributed by atoms with E-state index in [2.05, 4.69) is 35.6 Å². The zero-order chi connectivity index (χ0) is 24.3. The molecule has 1 aliphatic heterocycles. The van der Waals surface area contributed by atoms with Crippen molar-refractivity contribution in [1.82, 2.24) is 39.2 Å². The summed E-state index contributed by atoms with van der Waals surface area (Å²) in [5.74, 6) is 1.78. The van der Waals surface area contributed by atoms with Gasteiger partial charge in [0.05, 0.1) is 17.7 Å². The van der Waals surface area contributed by atoms with Crippen molar-refractivity contribution in [3.8, 4) is 16.9 Å². The number of hydrogen-bond acceptors (Lipinski definition) is 9. The molecule has 0 saturated carbocycles. The van der Waals surface area contributed by atoms with Crippen LogP contribution in [0, 0.1) is 12.7 Å². The van der Waals surface area contributed by atoms with Gasteiger partial charge in [-0.25, -0.2) is 19.3 Å². The third-order valence-electron chi connectivity index (χ3n) is 6.00. The largest absolute Gasteiger partial charge is 0.493 e. The van der Waals surface area contributed by atoms with E-state index in [9.17, 15) is 9.50 Å². The lowest BCUT2D eigenvalue weighted by atomic mass is 10.0. The molecular formula is C23H22FN9O2. The molecule has 11 nitrogen and oxygen atoms in total. The summed E-state index contributed by atoms with van der Waals surface area (Å²) < 4.78 is 23.4. The van der Waals surface area contributed by atoms with Crippen LogP contribution in [0.5, 0.6) is 5.75 Å². The normalized spacial score (nSPS) is 13.4. The summed E-state index contributed by atoms with van der Waals surface area (Å²) in [6.45, 7) is 5.83. The van der Waals surface area contributed by atoms with Gasteiger partial charge in [-0.1, -0.05) is 0 Å². The van der Waals surface area contributed by atoms with Crippen molar-refractivity contribution in [1.29, 1.82) is 0 Å². The van der Waals surface area contributed by atoms with Crippen LogP contribution >= 0.6 is 0 Å². The van der Waals surface area contributed by atoms with Crippen LogP contribution in [-0.4, -0.2) is 50.9 Å². The number of benzene rings is 1. The average Bonchev–Trinajstić information content (AvgIpc) is 3.55. The summed E-state index contributed by atoms with van der Waals surface area (Å²) in [4.78, 5) is 13.6. The molecule has 1 aliphatic rings. The molecule has 0 saturated heterocycles. The first-order chi connectivity index (χ1) is 16.8. The van der Waals surface area contributed by atoms with Crippen molar-refractivity contribution < 1.29 is 14.2 Å². The number of rotatable bonds is 5. The molecule has 5 heterocycles. The Balaban J connectivity index is 1.41. The van der Waals surface area contributed by atoms with E-state index in [1.54, 1.807) is 43.6 Å². The van der Waals surface area contributed by atoms with Crippen molar-refractivity contribution in [3.05, 3.63) is 59.4 Å². The van der Waals surface area contributed by atoms with E-state index in [4.69, 9.17) is 4.74 Å². The van der Waals surface area contributed by atoms with Crippen molar-refractivity contribution in [2.45, 2.75) is 39.3 Å². The van der Waals surface area contributed by atoms with Crippen molar-refractivity contribution >= 4 is 17.2 Å². The van der Waals surface area contributed by atoms with E-state index in [-0.39, 0.29) is 12.4 Å². The Kier molecular flexibility index (Phi) is 4.68. The number of anilines is 1. The van der Waals surface area contributed by atoms with E-state index in [0.717, 1.165) is 11.3 Å². The molecule has 35 heavy (non-hydrogen) atoms. The number of nitrogens with one attached hydrogen (secondary N) is 1. The number of halogens is 1. The van der Waals surface area contributed by atoms with Crippen LogP contribution < -0.4 is 10.1 Å². The van der Waals surface area contributed by atoms with Gasteiger partial charge in [-0.05, 0) is 32.9 Å². The predicted molar refractivity (Wildman–Crippen MR) is 123 cm³/mol. The fourth-order valence-corrected chi connectivity index (χ4v) is 4.40. The van der Waals surface area contributed by atoms with Gasteiger partial charge in [0.1, 0.15) is 29.3 Å². The summed E-state index contributed by atoms with van der Waals surface area (Å²) in [6, 6.07) is 3.08. The number of hydrogen-bond donors (Lipinski definition) is 2. The molecule has 12 heteroatoms. The summed E-state index contributed by atoms with van der Waals surface area (Å²) >= 11 is 0. The molecule has 178 valence electrons. The minimum atomic E-state index is -1.22. The van der Waals surface area contributed by atoms with Crippen molar-refractivity contribution in [2.24, 2.45) is 0 Å². The van der Waals surface area contributed by atoms with E-state index in [1.807, 2.05) is 0 Å². The minimum absolute atomic E-state index is 0.230. The van der Waals surface area contributed by atoms with Crippen LogP contribution in [0.2, 0.25) is 0 Å². The second-order valence-electron chi connectivity index (χ2n) is 8.92. The maximum atomic E-state index is 14.6. The van der Waals surface area contributed by atoms with Gasteiger partial charge in [-0.3, -0.25) is 4.40 Å². The lowest BCUT2D eigenvalue weighted by molar-refractivity contribution is 0.0661. The van der Waals surface area contributed by atoms with Crippen LogP contribution in [0.3, 0.4) is 0 Å². The number of ether oxygens (including phenoxy) is 1. The molecule has 1 aromatic carbocycles. The smallest absolute Gasteiger partial charge is 0.210 e. The van der Waals surface area contributed by atoms with Crippen LogP contribution in [0.15, 0.2) is 30.9 Å². The van der Waals surface area contributed by atoms with Gasteiger partial charge in [0, 0.05) is 36.5 Å². The van der Waals surface area contributed by atoms with E-state index in [1.165, 1.54) is 16.9 Å². The highest BCUT2D eigenvalue weighted by atomic mass is 19.1. The molecule has 0 spiro atoms. The van der Waals surface area contributed by atoms with Gasteiger partial charge in [-0.2, -0.15) is 4.52 Å². The van der Waals surface area contributed by atoms with Gasteiger partial charge in [-0.15, -0.1) is 15.3 Å². The Morgan fingerprint density at radius 1 is 1.17 bits per heavy atom. The Hall–Kier alpha value is -4.19. The molecule has 4 aromatic heterocycles. The Morgan fingerprint density at radius 2 is 1.97 bits per heavy atom. The number of aromatic nitrogens is 8. The molecule has 0 amide bonds. The van der Waals surface area contributed by atoms with Gasteiger partial charge < -0.3 is 15.2 Å². The third kappa shape index (κ3) is 3.44. The van der Waals surface area contributed by atoms with Gasteiger partial charge in [0.2, 0.25) is 5.95 Å². The Bertz CT molecular complexity index is 1600. The molecule has 0 bridgehead atoms. The highest BCUT2D eigenvalue weighted by Gasteiger charge is 2.26. The van der Waals surface area contributed by atoms with E-state index < -0.39 is 5.60 Å². The number of aryl methyl sites for hydroxylation is 1. The number of fused-ring (bicyclic) bond motifs is 3. The lowest BCUT2D eigenvalue weighted by Gasteiger charge is -2.18. The minimum Gasteiger partial charge on any atom is -0.493 e. The Morgan fingerprint density at radius 3 is 2.80 bits per heavy atom. The number of nitrogens with zero attached hydrogens (tertiary/aromatic N) is 8. The van der Waals surface area contributed by atoms with Gasteiger partial charge in [0.15, 0.2) is 17.1 Å². The van der Waals surface area contributed by atoms with Crippen molar-refractivity contribution in [3.63, 3.8) is 0 Å². The third-order valence-corrected chi connectivity index (χ3v) is 6.00. The second kappa shape index (κ2) is 7.67. The van der Waals surface area contributed by atoms with Gasteiger partial charge >= 0.3 is 0 Å². The SMILES string of the molecule is Cc1nc2c(-c3cnc(NCc4c(F)ccc5c4CCO5)n4cnnc34)cnc(C(C)(C)O)n2n1. The maximum Gasteiger partial charge on any atom is 0.210 e. The van der Waals surface area contributed by atoms with Gasteiger partial charge in [0.25, 0.3) is 0 Å². The quantitative estimate of drug-likeness (QED) is 0.394. The van der Waals surface area contributed by atoms with Crippen LogP contribution in [0.25, 0.3) is 22.4 Å². The highest BCUT2D eigenvalue weighted by Crippen LogP contribution is 2.32. The first-order valence-electron chi connectivity index (χ1n) is 11.1. The Labute approximate surface area is 198 Å². The average molecular weight is 475 g/mol. The highest BCUT2D eigenvalue weighted by molar-refractivity contribution is 5.85. The summed E-state index contributed by atoms with van der Waals surface area (Å²) in [6.07, 6.45) is 5.47. The van der Waals surface area contributed by atoms with Crippen molar-refractivity contribution in [2.75, 3.05) is 11.9 Å². The number of aliphatic hydroxyl groups is 1. The summed E-state index contributed by atoms with van der Waals surface area (Å²) in [7, 11) is 0. The zero-order valence-corrected chi connectivity index (χ0v) is 19.3. The predicted octanol–water partition coefficient (Wildman–Crippen LogP) is 2.45. The van der Waals surface area contributed by atoms with Crippen LogP contribution in [0.1, 0.15) is 36.6 Å². The van der Waals surface area contributed by atoms with Crippen LogP contribution in [-0.2, 0) is 18.6 Å². The maximum absolute atomic E-state index is 14.6. The van der Waals surface area contributed by atoms with Crippen LogP contribution in [0.4, 0.5) is 10.3 Å². The second-order valence-corrected chi connectivity index (χ2v) is 8.92. The first-order valence-corrected chi connectivity index (χ1v) is 11.1. The summed E-state index contributed by atoms with van der Waals surface area (Å²) in [5.41, 5.74) is 2.52. The molecule has 0 atom stereocenters. The fraction of sp³-hybridized carbons (Fsp3) is 0.304. The van der Waals surface area contributed by atoms with E-state index >= 15 is 0 Å². The lowest BCUT2D eigenvalue weighted by Crippen LogP contribution is -2.22. The zero-order valence-electron chi connectivity index (χ0n) is 19.3. The molecule has 5 aromatic rings. The molecule has 6 rings (SSSR count). The monoisotopic (exact) mass is 475 g/mol. The first kappa shape index (κ1) is 21.4.